The lowest BCUT2D eigenvalue weighted by molar-refractivity contribution is -0.121. The first-order valence-electron chi connectivity index (χ1n) is 7.83. The van der Waals surface area contributed by atoms with Gasteiger partial charge < -0.3 is 4.90 Å². The minimum Gasteiger partial charge on any atom is -0.311 e. The first-order chi connectivity index (χ1) is 12.0. The van der Waals surface area contributed by atoms with Gasteiger partial charge in [0.25, 0.3) is 0 Å². The summed E-state index contributed by atoms with van der Waals surface area (Å²) in [6.07, 6.45) is 3.16. The Hall–Kier alpha value is -2.79. The molecule has 2 heterocycles. The summed E-state index contributed by atoms with van der Waals surface area (Å²) >= 11 is 0. The molecule has 1 amide bonds. The molecule has 1 aromatic carbocycles. The highest BCUT2D eigenvalue weighted by Gasteiger charge is 2.35. The molecule has 1 atom stereocenters. The van der Waals surface area contributed by atoms with Crippen LogP contribution in [0.15, 0.2) is 36.7 Å². The Kier molecular flexibility index (Phi) is 4.76. The summed E-state index contributed by atoms with van der Waals surface area (Å²) in [6, 6.07) is 8.46. The second kappa shape index (κ2) is 6.99. The predicted octanol–water partition coefficient (Wildman–Crippen LogP) is 2.39. The van der Waals surface area contributed by atoms with Crippen LogP contribution in [0.2, 0.25) is 0 Å². The summed E-state index contributed by atoms with van der Waals surface area (Å²) in [5.41, 5.74) is 1.26. The van der Waals surface area contributed by atoms with Crippen molar-refractivity contribution < 1.29 is 13.6 Å². The number of likely N-dealkylation sites (N-methyl/N-ethyl adjacent to an activating group) is 1. The Morgan fingerprint density at radius 3 is 2.76 bits per heavy atom. The van der Waals surface area contributed by atoms with Gasteiger partial charge in [-0.2, -0.15) is 14.0 Å². The van der Waals surface area contributed by atoms with E-state index in [1.54, 1.807) is 41.1 Å². The Balaban J connectivity index is 1.70. The SMILES string of the molecule is CN(Cc1nccn1C(F)F)C1CCN(c2ccc(C#N)cc2)C1=O. The van der Waals surface area contributed by atoms with Crippen molar-refractivity contribution >= 4 is 11.6 Å². The third-order valence-electron chi connectivity index (χ3n) is 4.37. The molecule has 130 valence electrons. The van der Waals surface area contributed by atoms with Gasteiger partial charge in [-0.25, -0.2) is 4.98 Å². The van der Waals surface area contributed by atoms with Crippen molar-refractivity contribution in [2.24, 2.45) is 0 Å². The number of carbonyl (C=O) groups excluding carboxylic acids is 1. The number of nitriles is 1. The Morgan fingerprint density at radius 1 is 1.40 bits per heavy atom. The first kappa shape index (κ1) is 17.0. The van der Waals surface area contributed by atoms with E-state index in [9.17, 15) is 13.6 Å². The summed E-state index contributed by atoms with van der Waals surface area (Å²) in [5.74, 6) is 0.143. The number of hydrogen-bond donors (Lipinski definition) is 0. The van der Waals surface area contributed by atoms with E-state index in [2.05, 4.69) is 4.98 Å². The second-order valence-corrected chi connectivity index (χ2v) is 5.90. The van der Waals surface area contributed by atoms with Gasteiger partial charge in [0.2, 0.25) is 5.91 Å². The molecule has 1 unspecified atom stereocenters. The monoisotopic (exact) mass is 345 g/mol. The minimum absolute atomic E-state index is 0.0811. The molecule has 1 saturated heterocycles. The molecule has 25 heavy (non-hydrogen) atoms. The van der Waals surface area contributed by atoms with Gasteiger partial charge in [-0.15, -0.1) is 0 Å². The number of amides is 1. The highest BCUT2D eigenvalue weighted by molar-refractivity contribution is 5.99. The van der Waals surface area contributed by atoms with Crippen molar-refractivity contribution in [1.29, 1.82) is 5.26 Å². The maximum Gasteiger partial charge on any atom is 0.319 e. The molecule has 0 bridgehead atoms. The number of benzene rings is 1. The molecule has 0 aliphatic carbocycles. The molecule has 0 radical (unpaired) electrons. The molecule has 6 nitrogen and oxygen atoms in total. The van der Waals surface area contributed by atoms with E-state index in [0.29, 0.717) is 18.5 Å². The van der Waals surface area contributed by atoms with Crippen LogP contribution in [0.5, 0.6) is 0 Å². The fraction of sp³-hybridized carbons (Fsp3) is 0.353. The molecular weight excluding hydrogens is 328 g/mol. The van der Waals surface area contributed by atoms with Gasteiger partial charge in [-0.3, -0.25) is 14.3 Å². The molecule has 1 fully saturated rings. The maximum atomic E-state index is 12.9. The molecule has 0 spiro atoms. The summed E-state index contributed by atoms with van der Waals surface area (Å²) in [4.78, 5) is 20.0. The van der Waals surface area contributed by atoms with Crippen molar-refractivity contribution in [2.75, 3.05) is 18.5 Å². The van der Waals surface area contributed by atoms with Crippen molar-refractivity contribution in [3.63, 3.8) is 0 Å². The van der Waals surface area contributed by atoms with Crippen LogP contribution in [0, 0.1) is 11.3 Å². The van der Waals surface area contributed by atoms with Crippen molar-refractivity contribution in [1.82, 2.24) is 14.5 Å². The molecule has 2 aromatic rings. The third kappa shape index (κ3) is 3.37. The quantitative estimate of drug-likeness (QED) is 0.835. The van der Waals surface area contributed by atoms with Gasteiger partial charge in [0.1, 0.15) is 5.82 Å². The van der Waals surface area contributed by atoms with E-state index >= 15 is 0 Å². The van der Waals surface area contributed by atoms with Crippen molar-refractivity contribution in [3.8, 4) is 6.07 Å². The Bertz CT molecular complexity index is 796. The van der Waals surface area contributed by atoms with Crippen LogP contribution in [-0.2, 0) is 11.3 Å². The number of rotatable bonds is 5. The maximum absolute atomic E-state index is 12.9. The standard InChI is InChI=1S/C17H17F2N5O/c1-22(11-15-21-7-9-24(15)17(18)19)14-6-8-23(16(14)25)13-4-2-12(10-20)3-5-13/h2-5,7,9,14,17H,6,8,11H2,1H3. The summed E-state index contributed by atoms with van der Waals surface area (Å²) in [6.45, 7) is -1.95. The number of halogens is 2. The number of anilines is 1. The van der Waals surface area contributed by atoms with Crippen LogP contribution >= 0.6 is 0 Å². The van der Waals surface area contributed by atoms with Gasteiger partial charge >= 0.3 is 6.55 Å². The van der Waals surface area contributed by atoms with Crippen LogP contribution in [-0.4, -0.2) is 40.0 Å². The van der Waals surface area contributed by atoms with E-state index < -0.39 is 12.6 Å². The van der Waals surface area contributed by atoms with Gasteiger partial charge in [0, 0.05) is 24.6 Å². The van der Waals surface area contributed by atoms with E-state index in [0.717, 1.165) is 10.3 Å². The zero-order valence-electron chi connectivity index (χ0n) is 13.6. The van der Waals surface area contributed by atoms with Crippen molar-refractivity contribution in [3.05, 3.63) is 48.0 Å². The molecule has 3 rings (SSSR count). The molecule has 0 N–H and O–H groups in total. The van der Waals surface area contributed by atoms with Gasteiger partial charge in [-0.1, -0.05) is 0 Å². The van der Waals surface area contributed by atoms with Crippen LogP contribution in [0.3, 0.4) is 0 Å². The first-order valence-corrected chi connectivity index (χ1v) is 7.83. The molecular formula is C17H17F2N5O. The number of hydrogen-bond acceptors (Lipinski definition) is 4. The average molecular weight is 345 g/mol. The molecule has 0 saturated carbocycles. The average Bonchev–Trinajstić information content (AvgIpc) is 3.21. The van der Waals surface area contributed by atoms with E-state index in [-0.39, 0.29) is 18.3 Å². The van der Waals surface area contributed by atoms with Crippen molar-refractivity contribution in [2.45, 2.75) is 25.6 Å². The minimum atomic E-state index is -2.65. The van der Waals surface area contributed by atoms with Gasteiger partial charge in [-0.05, 0) is 37.7 Å². The number of imidazole rings is 1. The largest absolute Gasteiger partial charge is 0.319 e. The smallest absolute Gasteiger partial charge is 0.311 e. The fourth-order valence-corrected chi connectivity index (χ4v) is 3.02. The summed E-state index contributed by atoms with van der Waals surface area (Å²) < 4.78 is 26.6. The lowest BCUT2D eigenvalue weighted by Gasteiger charge is -2.23. The Labute approximate surface area is 143 Å². The number of nitrogens with zero attached hydrogens (tertiary/aromatic N) is 5. The normalized spacial score (nSPS) is 17.5. The van der Waals surface area contributed by atoms with Crippen LogP contribution < -0.4 is 4.90 Å². The highest BCUT2D eigenvalue weighted by atomic mass is 19.3. The van der Waals surface area contributed by atoms with E-state index in [1.807, 2.05) is 6.07 Å². The van der Waals surface area contributed by atoms with Crippen LogP contribution in [0.1, 0.15) is 24.4 Å². The predicted molar refractivity (Wildman–Crippen MR) is 86.9 cm³/mol. The van der Waals surface area contributed by atoms with Gasteiger partial charge in [0.05, 0.1) is 24.2 Å². The molecule has 1 aliphatic rings. The lowest BCUT2D eigenvalue weighted by atomic mass is 10.2. The number of aromatic nitrogens is 2. The highest BCUT2D eigenvalue weighted by Crippen LogP contribution is 2.25. The second-order valence-electron chi connectivity index (χ2n) is 5.90. The Morgan fingerprint density at radius 2 is 2.12 bits per heavy atom. The zero-order valence-corrected chi connectivity index (χ0v) is 13.6. The number of alkyl halides is 2. The third-order valence-corrected chi connectivity index (χ3v) is 4.37. The van der Waals surface area contributed by atoms with E-state index in [1.165, 1.54) is 12.4 Å². The van der Waals surface area contributed by atoms with Crippen LogP contribution in [0.4, 0.5) is 14.5 Å². The molecule has 1 aliphatic heterocycles. The van der Waals surface area contributed by atoms with E-state index in [4.69, 9.17) is 5.26 Å². The zero-order chi connectivity index (χ0) is 18.0. The summed E-state index contributed by atoms with van der Waals surface area (Å²) in [7, 11) is 1.73. The molecule has 1 aromatic heterocycles. The topological polar surface area (TPSA) is 65.2 Å². The van der Waals surface area contributed by atoms with Gasteiger partial charge in [0.15, 0.2) is 0 Å². The molecule has 8 heteroatoms. The lowest BCUT2D eigenvalue weighted by Crippen LogP contribution is -2.39. The number of carbonyl (C=O) groups is 1. The fourth-order valence-electron chi connectivity index (χ4n) is 3.02. The van der Waals surface area contributed by atoms with Crippen LogP contribution in [0.25, 0.3) is 0 Å². The summed E-state index contributed by atoms with van der Waals surface area (Å²) in [5, 5.41) is 8.85.